The van der Waals surface area contributed by atoms with E-state index in [1.807, 2.05) is 60.7 Å². The van der Waals surface area contributed by atoms with Crippen LogP contribution in [0.25, 0.3) is 11.0 Å². The molecule has 4 rings (SSSR count). The highest BCUT2D eigenvalue weighted by Crippen LogP contribution is 2.18. The second-order valence-electron chi connectivity index (χ2n) is 6.88. The van der Waals surface area contributed by atoms with E-state index in [0.29, 0.717) is 12.4 Å². The highest BCUT2D eigenvalue weighted by atomic mass is 16.5. The molecule has 1 aromatic heterocycles. The SMILES string of the molecule is CCCCCc1cccc(O)c1.c1ccc(COc2ccc3n[nH]nc3c2)cc1. The number of nitrogens with one attached hydrogen (secondary N) is 1. The minimum Gasteiger partial charge on any atom is -0.508 e. The van der Waals surface area contributed by atoms with Crippen LogP contribution in [0.4, 0.5) is 0 Å². The number of aromatic hydroxyl groups is 1. The van der Waals surface area contributed by atoms with Crippen molar-refractivity contribution < 1.29 is 9.84 Å². The smallest absolute Gasteiger partial charge is 0.122 e. The van der Waals surface area contributed by atoms with Gasteiger partial charge in [0.2, 0.25) is 0 Å². The van der Waals surface area contributed by atoms with Crippen LogP contribution in [-0.4, -0.2) is 20.5 Å². The first-order valence-electron chi connectivity index (χ1n) is 10.00. The summed E-state index contributed by atoms with van der Waals surface area (Å²) in [5.74, 6) is 1.18. The van der Waals surface area contributed by atoms with Gasteiger partial charge >= 0.3 is 0 Å². The number of fused-ring (bicyclic) bond motifs is 1. The number of unbranched alkanes of at least 4 members (excludes halogenated alkanes) is 2. The maximum absolute atomic E-state index is 9.17. The van der Waals surface area contributed by atoms with E-state index < -0.39 is 0 Å². The van der Waals surface area contributed by atoms with Crippen molar-refractivity contribution >= 4 is 11.0 Å². The third-order valence-electron chi connectivity index (χ3n) is 4.52. The zero-order valence-corrected chi connectivity index (χ0v) is 16.7. The van der Waals surface area contributed by atoms with Gasteiger partial charge in [-0.15, -0.1) is 0 Å². The van der Waals surface area contributed by atoms with Gasteiger partial charge in [0.05, 0.1) is 0 Å². The molecule has 0 atom stereocenters. The second kappa shape index (κ2) is 10.9. The molecule has 3 aromatic carbocycles. The molecule has 0 aliphatic carbocycles. The Morgan fingerprint density at radius 1 is 0.828 bits per heavy atom. The zero-order chi connectivity index (χ0) is 20.3. The summed E-state index contributed by atoms with van der Waals surface area (Å²) >= 11 is 0. The average molecular weight is 389 g/mol. The van der Waals surface area contributed by atoms with Crippen molar-refractivity contribution in [3.05, 3.63) is 83.9 Å². The van der Waals surface area contributed by atoms with E-state index in [4.69, 9.17) is 9.84 Å². The molecule has 5 nitrogen and oxygen atoms in total. The van der Waals surface area contributed by atoms with Crippen LogP contribution in [0.5, 0.6) is 11.5 Å². The molecular weight excluding hydrogens is 362 g/mol. The van der Waals surface area contributed by atoms with Gasteiger partial charge in [-0.3, -0.25) is 0 Å². The van der Waals surface area contributed by atoms with Crippen molar-refractivity contribution in [3.63, 3.8) is 0 Å². The fourth-order valence-corrected chi connectivity index (χ4v) is 2.94. The van der Waals surface area contributed by atoms with E-state index >= 15 is 0 Å². The number of phenols is 1. The molecule has 1 heterocycles. The molecule has 0 saturated carbocycles. The molecule has 0 bridgehead atoms. The van der Waals surface area contributed by atoms with Crippen molar-refractivity contribution in [1.82, 2.24) is 15.4 Å². The number of hydrogen-bond donors (Lipinski definition) is 2. The molecule has 150 valence electrons. The fraction of sp³-hybridized carbons (Fsp3) is 0.250. The summed E-state index contributed by atoms with van der Waals surface area (Å²) in [4.78, 5) is 0. The monoisotopic (exact) mass is 389 g/mol. The topological polar surface area (TPSA) is 71.0 Å². The first kappa shape index (κ1) is 20.4. The Labute approximate surface area is 171 Å². The number of aryl methyl sites for hydroxylation is 1. The van der Waals surface area contributed by atoms with Gasteiger partial charge < -0.3 is 9.84 Å². The lowest BCUT2D eigenvalue weighted by molar-refractivity contribution is 0.306. The largest absolute Gasteiger partial charge is 0.508 e. The van der Waals surface area contributed by atoms with Crippen molar-refractivity contribution in [3.8, 4) is 11.5 Å². The van der Waals surface area contributed by atoms with Crippen molar-refractivity contribution in [2.75, 3.05) is 0 Å². The molecule has 0 amide bonds. The molecule has 29 heavy (non-hydrogen) atoms. The van der Waals surface area contributed by atoms with Crippen molar-refractivity contribution in [2.45, 2.75) is 39.2 Å². The Hall–Kier alpha value is -3.34. The highest BCUT2D eigenvalue weighted by molar-refractivity contribution is 5.75. The first-order valence-corrected chi connectivity index (χ1v) is 10.00. The maximum atomic E-state index is 9.17. The lowest BCUT2D eigenvalue weighted by Crippen LogP contribution is -1.94. The maximum Gasteiger partial charge on any atom is 0.122 e. The minimum atomic E-state index is 0.379. The predicted octanol–water partition coefficient (Wildman–Crippen LogP) is 5.66. The summed E-state index contributed by atoms with van der Waals surface area (Å²) in [6, 6.07) is 23.2. The molecular formula is C24H27N3O2. The predicted molar refractivity (Wildman–Crippen MR) is 116 cm³/mol. The lowest BCUT2D eigenvalue weighted by atomic mass is 10.1. The van der Waals surface area contributed by atoms with E-state index in [-0.39, 0.29) is 0 Å². The van der Waals surface area contributed by atoms with Gasteiger partial charge in [0, 0.05) is 6.07 Å². The summed E-state index contributed by atoms with van der Waals surface area (Å²) < 4.78 is 5.69. The summed E-state index contributed by atoms with van der Waals surface area (Å²) in [6.07, 6.45) is 4.83. The molecule has 0 unspecified atom stereocenters. The molecule has 4 aromatic rings. The molecule has 0 spiro atoms. The van der Waals surface area contributed by atoms with Crippen molar-refractivity contribution in [2.24, 2.45) is 0 Å². The number of aromatic amines is 1. The number of ether oxygens (including phenoxy) is 1. The Morgan fingerprint density at radius 3 is 2.41 bits per heavy atom. The molecule has 0 radical (unpaired) electrons. The first-order chi connectivity index (χ1) is 14.2. The zero-order valence-electron chi connectivity index (χ0n) is 16.7. The number of rotatable bonds is 7. The molecule has 0 aliphatic heterocycles. The number of H-pyrrole nitrogens is 1. The molecule has 5 heteroatoms. The Morgan fingerprint density at radius 2 is 1.62 bits per heavy atom. The number of benzene rings is 3. The van der Waals surface area contributed by atoms with Crippen LogP contribution >= 0.6 is 0 Å². The summed E-state index contributed by atoms with van der Waals surface area (Å²) in [7, 11) is 0. The third kappa shape index (κ3) is 6.64. The summed E-state index contributed by atoms with van der Waals surface area (Å²) in [5.41, 5.74) is 4.05. The van der Waals surface area contributed by atoms with Gasteiger partial charge in [0.15, 0.2) is 0 Å². The van der Waals surface area contributed by atoms with Crippen LogP contribution in [-0.2, 0) is 13.0 Å². The fourth-order valence-electron chi connectivity index (χ4n) is 2.94. The van der Waals surface area contributed by atoms with E-state index in [1.165, 1.54) is 24.8 Å². The average Bonchev–Trinajstić information content (AvgIpc) is 3.22. The number of phenolic OH excluding ortho intramolecular Hbond substituents is 1. The second-order valence-corrected chi connectivity index (χ2v) is 6.88. The molecule has 2 N–H and O–H groups in total. The normalized spacial score (nSPS) is 10.4. The molecule has 0 fully saturated rings. The minimum absolute atomic E-state index is 0.379. The van der Waals surface area contributed by atoms with Gasteiger partial charge in [-0.1, -0.05) is 62.2 Å². The van der Waals surface area contributed by atoms with Gasteiger partial charge in [0.1, 0.15) is 29.1 Å². The van der Waals surface area contributed by atoms with Gasteiger partial charge in [-0.2, -0.15) is 15.4 Å². The van der Waals surface area contributed by atoms with Crippen LogP contribution in [0, 0.1) is 0 Å². The van der Waals surface area contributed by atoms with E-state index in [2.05, 4.69) is 28.4 Å². The lowest BCUT2D eigenvalue weighted by Gasteiger charge is -2.05. The van der Waals surface area contributed by atoms with Crippen molar-refractivity contribution in [1.29, 1.82) is 0 Å². The molecule has 0 saturated heterocycles. The van der Waals surface area contributed by atoms with Crippen LogP contribution < -0.4 is 4.74 Å². The van der Waals surface area contributed by atoms with E-state index in [0.717, 1.165) is 28.8 Å². The van der Waals surface area contributed by atoms with Gasteiger partial charge in [-0.25, -0.2) is 0 Å². The molecule has 0 aliphatic rings. The van der Waals surface area contributed by atoms with E-state index in [9.17, 15) is 0 Å². The van der Waals surface area contributed by atoms with Gasteiger partial charge in [-0.05, 0) is 48.2 Å². The number of aromatic nitrogens is 3. The third-order valence-corrected chi connectivity index (χ3v) is 4.52. The van der Waals surface area contributed by atoms with Crippen LogP contribution in [0.3, 0.4) is 0 Å². The summed E-state index contributed by atoms with van der Waals surface area (Å²) in [5, 5.41) is 19.8. The Balaban J connectivity index is 0.000000177. The van der Waals surface area contributed by atoms with E-state index in [1.54, 1.807) is 6.07 Å². The Bertz CT molecular complexity index is 999. The van der Waals surface area contributed by atoms with Crippen LogP contribution in [0.1, 0.15) is 37.3 Å². The Kier molecular flexibility index (Phi) is 7.63. The summed E-state index contributed by atoms with van der Waals surface area (Å²) in [6.45, 7) is 2.76. The number of nitrogens with zero attached hydrogens (tertiary/aromatic N) is 2. The highest BCUT2D eigenvalue weighted by Gasteiger charge is 2.01. The quantitative estimate of drug-likeness (QED) is 0.400. The van der Waals surface area contributed by atoms with Crippen LogP contribution in [0.15, 0.2) is 72.8 Å². The van der Waals surface area contributed by atoms with Gasteiger partial charge in [0.25, 0.3) is 0 Å². The number of hydrogen-bond acceptors (Lipinski definition) is 4. The standard InChI is InChI=1S/C13H11N3O.C11H16O/c1-2-4-10(5-3-1)9-17-11-6-7-12-13(8-11)15-16-14-12;1-2-3-4-6-10-7-5-8-11(12)9-10/h1-8H,9H2,(H,14,15,16);5,7-9,12H,2-4,6H2,1H3. The van der Waals surface area contributed by atoms with Crippen LogP contribution in [0.2, 0.25) is 0 Å².